The van der Waals surface area contributed by atoms with Gasteiger partial charge in [-0.05, 0) is 36.5 Å². The molecule has 0 spiro atoms. The van der Waals surface area contributed by atoms with E-state index in [4.69, 9.17) is 4.74 Å². The molecule has 0 fully saturated rings. The van der Waals surface area contributed by atoms with Gasteiger partial charge >= 0.3 is 0 Å². The van der Waals surface area contributed by atoms with Crippen LogP contribution < -0.4 is 0 Å². The van der Waals surface area contributed by atoms with Crippen LogP contribution in [0.3, 0.4) is 0 Å². The number of hydrogen-bond donors (Lipinski definition) is 1. The van der Waals surface area contributed by atoms with Gasteiger partial charge in [-0.2, -0.15) is 0 Å². The number of rotatable bonds is 4. The van der Waals surface area contributed by atoms with Gasteiger partial charge in [-0.1, -0.05) is 26.0 Å². The number of nitrogens with one attached hydrogen (secondary N) is 1. The van der Waals surface area contributed by atoms with E-state index in [0.29, 0.717) is 13.0 Å². The second-order valence-corrected chi connectivity index (χ2v) is 5.53. The van der Waals surface area contributed by atoms with Gasteiger partial charge in [0.2, 0.25) is 0 Å². The zero-order chi connectivity index (χ0) is 14.2. The minimum atomic E-state index is -0.458. The van der Waals surface area contributed by atoms with Crippen molar-refractivity contribution in [2.45, 2.75) is 45.1 Å². The number of aryl methyl sites for hydroxylation is 1. The Kier molecular flexibility index (Phi) is 3.38. The molecule has 3 nitrogen and oxygen atoms in total. The summed E-state index contributed by atoms with van der Waals surface area (Å²) in [5.41, 5.74) is 4.48. The first-order valence-corrected chi connectivity index (χ1v) is 7.45. The summed E-state index contributed by atoms with van der Waals surface area (Å²) in [5, 5.41) is 1.28. The van der Waals surface area contributed by atoms with Gasteiger partial charge in [-0.25, -0.2) is 0 Å². The van der Waals surface area contributed by atoms with Crippen molar-refractivity contribution in [1.29, 1.82) is 0 Å². The fourth-order valence-corrected chi connectivity index (χ4v) is 3.31. The molecule has 1 aromatic carbocycles. The summed E-state index contributed by atoms with van der Waals surface area (Å²) in [6, 6.07) is 6.62. The number of aromatic amines is 1. The molecule has 1 aliphatic heterocycles. The van der Waals surface area contributed by atoms with Crippen LogP contribution in [-0.2, 0) is 28.0 Å². The van der Waals surface area contributed by atoms with E-state index < -0.39 is 5.60 Å². The Hall–Kier alpha value is -1.61. The number of fused-ring (bicyclic) bond motifs is 3. The first-order valence-electron chi connectivity index (χ1n) is 7.45. The summed E-state index contributed by atoms with van der Waals surface area (Å²) in [5.74, 6) is 0. The van der Waals surface area contributed by atoms with Crippen LogP contribution >= 0.6 is 0 Å². The lowest BCUT2D eigenvalue weighted by Crippen LogP contribution is -2.35. The molecule has 106 valence electrons. The molecule has 1 atom stereocenters. The number of benzene rings is 1. The average molecular weight is 271 g/mol. The van der Waals surface area contributed by atoms with Gasteiger partial charge in [-0.3, -0.25) is 0 Å². The monoisotopic (exact) mass is 271 g/mol. The molecule has 1 N–H and O–H groups in total. The molecule has 0 bridgehead atoms. The smallest absolute Gasteiger partial charge is 0.123 e. The Bertz CT molecular complexity index is 644. The minimum absolute atomic E-state index is 0.421. The zero-order valence-corrected chi connectivity index (χ0v) is 12.2. The van der Waals surface area contributed by atoms with Crippen molar-refractivity contribution in [2.75, 3.05) is 6.61 Å². The molecule has 1 aliphatic rings. The fourth-order valence-electron chi connectivity index (χ4n) is 3.31. The van der Waals surface area contributed by atoms with E-state index in [-0.39, 0.29) is 0 Å². The van der Waals surface area contributed by atoms with Crippen molar-refractivity contribution in [3.8, 4) is 0 Å². The molecule has 2 aromatic rings. The zero-order valence-electron chi connectivity index (χ0n) is 12.2. The van der Waals surface area contributed by atoms with Crippen molar-refractivity contribution in [1.82, 2.24) is 4.98 Å². The van der Waals surface area contributed by atoms with Crippen LogP contribution in [-0.4, -0.2) is 17.9 Å². The van der Waals surface area contributed by atoms with E-state index in [9.17, 15) is 4.79 Å². The van der Waals surface area contributed by atoms with Crippen molar-refractivity contribution in [3.63, 3.8) is 0 Å². The van der Waals surface area contributed by atoms with E-state index in [1.54, 1.807) is 0 Å². The molecule has 0 saturated heterocycles. The Morgan fingerprint density at radius 1 is 1.40 bits per heavy atom. The molecule has 1 aromatic heterocycles. The number of aromatic nitrogens is 1. The molecule has 0 saturated carbocycles. The maximum Gasteiger partial charge on any atom is 0.123 e. The van der Waals surface area contributed by atoms with Crippen LogP contribution in [0.2, 0.25) is 0 Å². The standard InChI is InChI=1S/C17H21NO2/c1-3-12-5-6-13-14-7-10-20-17(4-2,8-9-19)16(14)18-15(13)11-12/h5-6,9,11,18H,3-4,7-8,10H2,1-2H3. The van der Waals surface area contributed by atoms with Crippen molar-refractivity contribution < 1.29 is 9.53 Å². The maximum atomic E-state index is 11.1. The summed E-state index contributed by atoms with van der Waals surface area (Å²) in [6.45, 7) is 4.94. The van der Waals surface area contributed by atoms with E-state index in [0.717, 1.165) is 31.2 Å². The third-order valence-electron chi connectivity index (χ3n) is 4.55. The number of aldehydes is 1. The van der Waals surface area contributed by atoms with Crippen LogP contribution in [0.15, 0.2) is 18.2 Å². The molecule has 2 heterocycles. The third-order valence-corrected chi connectivity index (χ3v) is 4.55. The Labute approximate surface area is 119 Å². The van der Waals surface area contributed by atoms with Gasteiger partial charge in [0.25, 0.3) is 0 Å². The van der Waals surface area contributed by atoms with Crippen LogP contribution in [0.4, 0.5) is 0 Å². The van der Waals surface area contributed by atoms with Gasteiger partial charge in [0, 0.05) is 17.3 Å². The second kappa shape index (κ2) is 5.06. The Morgan fingerprint density at radius 3 is 2.95 bits per heavy atom. The lowest BCUT2D eigenvalue weighted by Gasteiger charge is -2.35. The average Bonchev–Trinajstić information content (AvgIpc) is 2.86. The summed E-state index contributed by atoms with van der Waals surface area (Å²) >= 11 is 0. The lowest BCUT2D eigenvalue weighted by atomic mass is 9.86. The predicted molar refractivity (Wildman–Crippen MR) is 80.0 cm³/mol. The lowest BCUT2D eigenvalue weighted by molar-refractivity contribution is -0.119. The van der Waals surface area contributed by atoms with E-state index in [1.165, 1.54) is 22.0 Å². The van der Waals surface area contributed by atoms with Crippen LogP contribution in [0.1, 0.15) is 43.5 Å². The normalized spacial score (nSPS) is 21.9. The maximum absolute atomic E-state index is 11.1. The number of ether oxygens (including phenoxy) is 1. The van der Waals surface area contributed by atoms with E-state index in [2.05, 4.69) is 37.0 Å². The van der Waals surface area contributed by atoms with E-state index in [1.807, 2.05) is 0 Å². The highest BCUT2D eigenvalue weighted by molar-refractivity contribution is 5.86. The largest absolute Gasteiger partial charge is 0.368 e. The highest BCUT2D eigenvalue weighted by atomic mass is 16.5. The molecule has 20 heavy (non-hydrogen) atoms. The number of hydrogen-bond acceptors (Lipinski definition) is 2. The second-order valence-electron chi connectivity index (χ2n) is 5.53. The Morgan fingerprint density at radius 2 is 2.25 bits per heavy atom. The summed E-state index contributed by atoms with van der Waals surface area (Å²) < 4.78 is 6.01. The molecule has 0 aliphatic carbocycles. The first kappa shape index (κ1) is 13.4. The van der Waals surface area contributed by atoms with Gasteiger partial charge in [0.05, 0.1) is 12.3 Å². The van der Waals surface area contributed by atoms with Crippen LogP contribution in [0.25, 0.3) is 10.9 Å². The predicted octanol–water partition coefficient (Wildman–Crippen LogP) is 3.50. The van der Waals surface area contributed by atoms with Gasteiger partial charge < -0.3 is 14.5 Å². The quantitative estimate of drug-likeness (QED) is 0.865. The highest BCUT2D eigenvalue weighted by Gasteiger charge is 2.38. The molecular weight excluding hydrogens is 250 g/mol. The summed E-state index contributed by atoms with van der Waals surface area (Å²) in [7, 11) is 0. The van der Waals surface area contributed by atoms with Gasteiger partial charge in [0.15, 0.2) is 0 Å². The number of carbonyl (C=O) groups excluding carboxylic acids is 1. The van der Waals surface area contributed by atoms with Gasteiger partial charge in [0.1, 0.15) is 11.9 Å². The Balaban J connectivity index is 2.20. The van der Waals surface area contributed by atoms with Crippen LogP contribution in [0, 0.1) is 0 Å². The molecule has 0 radical (unpaired) electrons. The molecule has 3 heteroatoms. The SMILES string of the molecule is CCc1ccc2c3c([nH]c2c1)C(CC)(CC=O)OCC3. The summed E-state index contributed by atoms with van der Waals surface area (Å²) in [6.07, 6.45) is 4.16. The summed E-state index contributed by atoms with van der Waals surface area (Å²) in [4.78, 5) is 14.6. The third kappa shape index (κ3) is 1.88. The first-order chi connectivity index (χ1) is 9.74. The van der Waals surface area contributed by atoms with Crippen molar-refractivity contribution in [2.24, 2.45) is 0 Å². The fraction of sp³-hybridized carbons (Fsp3) is 0.471. The number of H-pyrrole nitrogens is 1. The topological polar surface area (TPSA) is 42.1 Å². The molecule has 1 unspecified atom stereocenters. The molecule has 0 amide bonds. The van der Waals surface area contributed by atoms with Crippen molar-refractivity contribution in [3.05, 3.63) is 35.0 Å². The molecule has 3 rings (SSSR count). The van der Waals surface area contributed by atoms with Crippen LogP contribution in [0.5, 0.6) is 0 Å². The van der Waals surface area contributed by atoms with E-state index >= 15 is 0 Å². The number of carbonyl (C=O) groups is 1. The molecular formula is C17H21NO2. The van der Waals surface area contributed by atoms with Crippen molar-refractivity contribution >= 4 is 17.2 Å². The minimum Gasteiger partial charge on any atom is -0.368 e. The van der Waals surface area contributed by atoms with Gasteiger partial charge in [-0.15, -0.1) is 0 Å². The highest BCUT2D eigenvalue weighted by Crippen LogP contribution is 2.41.